The van der Waals surface area contributed by atoms with Crippen LogP contribution in [-0.2, 0) is 0 Å². The van der Waals surface area contributed by atoms with Crippen LogP contribution in [0.3, 0.4) is 0 Å². The van der Waals surface area contributed by atoms with Crippen LogP contribution in [0, 0.1) is 20.8 Å². The quantitative estimate of drug-likeness (QED) is 0.917. The van der Waals surface area contributed by atoms with Gasteiger partial charge in [0.05, 0.1) is 12.7 Å². The maximum atomic E-state index is 11.0. The Balaban J connectivity index is 2.55. The summed E-state index contributed by atoms with van der Waals surface area (Å²) in [4.78, 5) is 11.0. The lowest BCUT2D eigenvalue weighted by Gasteiger charge is -2.13. The third kappa shape index (κ3) is 2.52. The van der Waals surface area contributed by atoms with Crippen molar-refractivity contribution in [2.75, 3.05) is 7.11 Å². The number of carbonyl (C=O) groups is 1. The van der Waals surface area contributed by atoms with Gasteiger partial charge in [0.15, 0.2) is 0 Å². The maximum absolute atomic E-state index is 11.0. The number of aromatic carboxylic acids is 1. The standard InChI is InChI=1S/C17H18O3/c1-10-7-13(17(18)19)5-6-15(10)14-8-11(2)16(20-4)12(3)9-14/h5-9H,1-4H3,(H,18,19). The monoisotopic (exact) mass is 270 g/mol. The van der Waals surface area contributed by atoms with E-state index in [0.29, 0.717) is 5.56 Å². The molecule has 2 rings (SSSR count). The number of rotatable bonds is 3. The van der Waals surface area contributed by atoms with Gasteiger partial charge in [-0.25, -0.2) is 4.79 Å². The van der Waals surface area contributed by atoms with E-state index in [-0.39, 0.29) is 0 Å². The van der Waals surface area contributed by atoms with Crippen molar-refractivity contribution in [1.29, 1.82) is 0 Å². The van der Waals surface area contributed by atoms with Crippen LogP contribution in [0.2, 0.25) is 0 Å². The number of hydrogen-bond donors (Lipinski definition) is 1. The molecule has 3 nitrogen and oxygen atoms in total. The fourth-order valence-corrected chi connectivity index (χ4v) is 2.55. The molecule has 0 fully saturated rings. The average Bonchev–Trinajstić information content (AvgIpc) is 2.38. The first kappa shape index (κ1) is 14.1. The van der Waals surface area contributed by atoms with E-state index in [4.69, 9.17) is 9.84 Å². The molecule has 3 heteroatoms. The average molecular weight is 270 g/mol. The molecule has 0 heterocycles. The molecule has 20 heavy (non-hydrogen) atoms. The molecular formula is C17H18O3. The van der Waals surface area contributed by atoms with E-state index in [1.54, 1.807) is 19.2 Å². The van der Waals surface area contributed by atoms with Crippen LogP contribution in [0.4, 0.5) is 0 Å². The summed E-state index contributed by atoms with van der Waals surface area (Å²) in [6.07, 6.45) is 0. The molecule has 2 aromatic rings. The molecular weight excluding hydrogens is 252 g/mol. The lowest BCUT2D eigenvalue weighted by molar-refractivity contribution is 0.0697. The van der Waals surface area contributed by atoms with Crippen LogP contribution in [0.25, 0.3) is 11.1 Å². The number of hydrogen-bond acceptors (Lipinski definition) is 2. The third-order valence-electron chi connectivity index (χ3n) is 3.45. The molecule has 0 aliphatic carbocycles. The fraction of sp³-hybridized carbons (Fsp3) is 0.235. The van der Waals surface area contributed by atoms with Gasteiger partial charge in [-0.3, -0.25) is 0 Å². The largest absolute Gasteiger partial charge is 0.496 e. The van der Waals surface area contributed by atoms with E-state index in [1.165, 1.54) is 0 Å². The number of ether oxygens (including phenoxy) is 1. The smallest absolute Gasteiger partial charge is 0.335 e. The van der Waals surface area contributed by atoms with Crippen LogP contribution in [-0.4, -0.2) is 18.2 Å². The second-order valence-corrected chi connectivity index (χ2v) is 4.98. The molecule has 1 N–H and O–H groups in total. The summed E-state index contributed by atoms with van der Waals surface area (Å²) < 4.78 is 5.37. The lowest BCUT2D eigenvalue weighted by Crippen LogP contribution is -1.98. The first-order valence-corrected chi connectivity index (χ1v) is 6.43. The fourth-order valence-electron chi connectivity index (χ4n) is 2.55. The van der Waals surface area contributed by atoms with Crippen LogP contribution in [0.5, 0.6) is 5.75 Å². The van der Waals surface area contributed by atoms with Gasteiger partial charge in [-0.05, 0) is 72.9 Å². The Hall–Kier alpha value is -2.29. The van der Waals surface area contributed by atoms with Gasteiger partial charge < -0.3 is 9.84 Å². The van der Waals surface area contributed by atoms with Crippen molar-refractivity contribution in [3.63, 3.8) is 0 Å². The summed E-state index contributed by atoms with van der Waals surface area (Å²) in [7, 11) is 1.67. The van der Waals surface area contributed by atoms with E-state index in [1.807, 2.05) is 26.8 Å². The normalized spacial score (nSPS) is 10.4. The molecule has 0 aliphatic rings. The molecule has 0 bridgehead atoms. The second-order valence-electron chi connectivity index (χ2n) is 4.98. The molecule has 0 atom stereocenters. The molecule has 0 radical (unpaired) electrons. The lowest BCUT2D eigenvalue weighted by atomic mass is 9.95. The third-order valence-corrected chi connectivity index (χ3v) is 3.45. The number of aryl methyl sites for hydroxylation is 3. The molecule has 104 valence electrons. The Bertz CT molecular complexity index is 649. The Kier molecular flexibility index (Phi) is 3.79. The van der Waals surface area contributed by atoms with E-state index < -0.39 is 5.97 Å². The topological polar surface area (TPSA) is 46.5 Å². The summed E-state index contributed by atoms with van der Waals surface area (Å²) >= 11 is 0. The van der Waals surface area contributed by atoms with Gasteiger partial charge in [0, 0.05) is 0 Å². The zero-order chi connectivity index (χ0) is 14.9. The van der Waals surface area contributed by atoms with Crippen molar-refractivity contribution >= 4 is 5.97 Å². The van der Waals surface area contributed by atoms with Crippen molar-refractivity contribution in [2.24, 2.45) is 0 Å². The SMILES string of the molecule is COc1c(C)cc(-c2ccc(C(=O)O)cc2C)cc1C. The number of benzene rings is 2. The Morgan fingerprint density at radius 1 is 1.00 bits per heavy atom. The highest BCUT2D eigenvalue weighted by molar-refractivity contribution is 5.89. The minimum atomic E-state index is -0.901. The van der Waals surface area contributed by atoms with Crippen LogP contribution in [0.1, 0.15) is 27.0 Å². The van der Waals surface area contributed by atoms with E-state index in [9.17, 15) is 4.79 Å². The highest BCUT2D eigenvalue weighted by Gasteiger charge is 2.10. The van der Waals surface area contributed by atoms with Gasteiger partial charge in [0.1, 0.15) is 5.75 Å². The minimum Gasteiger partial charge on any atom is -0.496 e. The van der Waals surface area contributed by atoms with Crippen molar-refractivity contribution in [2.45, 2.75) is 20.8 Å². The van der Waals surface area contributed by atoms with E-state index >= 15 is 0 Å². The first-order chi connectivity index (χ1) is 9.43. The summed E-state index contributed by atoms with van der Waals surface area (Å²) in [6, 6.07) is 9.33. The molecule has 0 unspecified atom stereocenters. The summed E-state index contributed by atoms with van der Waals surface area (Å²) in [5.41, 5.74) is 5.54. The van der Waals surface area contributed by atoms with Gasteiger partial charge >= 0.3 is 5.97 Å². The summed E-state index contributed by atoms with van der Waals surface area (Å²) in [5.74, 6) is -0.00435. The Morgan fingerprint density at radius 2 is 1.60 bits per heavy atom. The van der Waals surface area contributed by atoms with E-state index in [2.05, 4.69) is 12.1 Å². The maximum Gasteiger partial charge on any atom is 0.335 e. The summed E-state index contributed by atoms with van der Waals surface area (Å²) in [5, 5.41) is 9.01. The predicted octanol–water partition coefficient (Wildman–Crippen LogP) is 3.99. The van der Waals surface area contributed by atoms with Gasteiger partial charge in [-0.1, -0.05) is 6.07 Å². The van der Waals surface area contributed by atoms with Crippen molar-refractivity contribution < 1.29 is 14.6 Å². The number of carboxylic acids is 1. The number of methoxy groups -OCH3 is 1. The van der Waals surface area contributed by atoms with Crippen LogP contribution < -0.4 is 4.74 Å². The van der Waals surface area contributed by atoms with E-state index in [0.717, 1.165) is 33.6 Å². The van der Waals surface area contributed by atoms with Crippen molar-refractivity contribution in [3.05, 3.63) is 52.6 Å². The Labute approximate surface area is 118 Å². The highest BCUT2D eigenvalue weighted by atomic mass is 16.5. The van der Waals surface area contributed by atoms with Gasteiger partial charge in [-0.2, -0.15) is 0 Å². The van der Waals surface area contributed by atoms with Gasteiger partial charge in [-0.15, -0.1) is 0 Å². The number of carboxylic acid groups (broad SMARTS) is 1. The van der Waals surface area contributed by atoms with Crippen LogP contribution >= 0.6 is 0 Å². The molecule has 0 saturated heterocycles. The molecule has 0 saturated carbocycles. The summed E-state index contributed by atoms with van der Waals surface area (Å²) in [6.45, 7) is 5.95. The molecule has 0 aromatic heterocycles. The second kappa shape index (κ2) is 5.37. The van der Waals surface area contributed by atoms with Crippen molar-refractivity contribution in [1.82, 2.24) is 0 Å². The zero-order valence-corrected chi connectivity index (χ0v) is 12.2. The highest BCUT2D eigenvalue weighted by Crippen LogP contribution is 2.31. The first-order valence-electron chi connectivity index (χ1n) is 6.43. The predicted molar refractivity (Wildman–Crippen MR) is 79.6 cm³/mol. The van der Waals surface area contributed by atoms with Crippen molar-refractivity contribution in [3.8, 4) is 16.9 Å². The zero-order valence-electron chi connectivity index (χ0n) is 12.2. The molecule has 2 aromatic carbocycles. The Morgan fingerprint density at radius 3 is 2.05 bits per heavy atom. The van der Waals surface area contributed by atoms with Gasteiger partial charge in [0.25, 0.3) is 0 Å². The molecule has 0 aliphatic heterocycles. The molecule has 0 spiro atoms. The van der Waals surface area contributed by atoms with Crippen LogP contribution in [0.15, 0.2) is 30.3 Å². The minimum absolute atomic E-state index is 0.313. The molecule has 0 amide bonds. The van der Waals surface area contributed by atoms with Gasteiger partial charge in [0.2, 0.25) is 0 Å².